The smallest absolute Gasteiger partial charge is 0.128 e. The van der Waals surface area contributed by atoms with Crippen LogP contribution in [0.3, 0.4) is 0 Å². The monoisotopic (exact) mass is 311 g/mol. The van der Waals surface area contributed by atoms with Crippen molar-refractivity contribution in [3.8, 4) is 6.07 Å². The molecule has 0 bridgehead atoms. The second-order valence-electron chi connectivity index (χ2n) is 4.12. The van der Waals surface area contributed by atoms with Crippen LogP contribution in [0.25, 0.3) is 0 Å². The first-order valence-electron chi connectivity index (χ1n) is 5.60. The number of rotatable bonds is 3. The largest absolute Gasteiger partial charge is 0.368 e. The Labute approximate surface area is 125 Å². The molecule has 1 aromatic carbocycles. The molecule has 1 unspecified atom stereocenters. The summed E-state index contributed by atoms with van der Waals surface area (Å²) in [5.74, 6) is 0. The molecule has 0 fully saturated rings. The van der Waals surface area contributed by atoms with Gasteiger partial charge in [-0.05, 0) is 43.1 Å². The predicted octanol–water partition coefficient (Wildman–Crippen LogP) is 4.80. The number of benzene rings is 1. The van der Waals surface area contributed by atoms with Gasteiger partial charge in [0.25, 0.3) is 0 Å². The summed E-state index contributed by atoms with van der Waals surface area (Å²) in [6.45, 7) is 3.80. The molecule has 0 radical (unpaired) electrons. The molecule has 1 heterocycles. The molecule has 6 heteroatoms. The van der Waals surface area contributed by atoms with Crippen molar-refractivity contribution in [2.75, 3.05) is 5.32 Å². The summed E-state index contributed by atoms with van der Waals surface area (Å²) in [7, 11) is 0. The summed E-state index contributed by atoms with van der Waals surface area (Å²) in [5.41, 5.74) is 2.26. The fourth-order valence-electron chi connectivity index (χ4n) is 1.73. The van der Waals surface area contributed by atoms with Crippen molar-refractivity contribution in [1.29, 1.82) is 5.26 Å². The van der Waals surface area contributed by atoms with Gasteiger partial charge in [-0.2, -0.15) is 9.64 Å². The molecular formula is C13H11Cl2N3S. The Morgan fingerprint density at radius 2 is 2.16 bits per heavy atom. The van der Waals surface area contributed by atoms with Crippen LogP contribution in [0.5, 0.6) is 0 Å². The van der Waals surface area contributed by atoms with Crippen LogP contribution < -0.4 is 5.32 Å². The van der Waals surface area contributed by atoms with Crippen LogP contribution in [0.1, 0.15) is 29.8 Å². The van der Waals surface area contributed by atoms with E-state index < -0.39 is 0 Å². The zero-order chi connectivity index (χ0) is 14.0. The van der Waals surface area contributed by atoms with Gasteiger partial charge in [0.05, 0.1) is 11.7 Å². The normalized spacial score (nSPS) is 11.9. The van der Waals surface area contributed by atoms with E-state index in [1.807, 2.05) is 19.9 Å². The highest BCUT2D eigenvalue weighted by atomic mass is 35.5. The third-order valence-electron chi connectivity index (χ3n) is 2.75. The van der Waals surface area contributed by atoms with Gasteiger partial charge >= 0.3 is 0 Å². The van der Waals surface area contributed by atoms with Gasteiger partial charge < -0.3 is 5.32 Å². The molecule has 3 nitrogen and oxygen atoms in total. The van der Waals surface area contributed by atoms with Crippen molar-refractivity contribution >= 4 is 39.7 Å². The van der Waals surface area contributed by atoms with E-state index in [9.17, 15) is 0 Å². The van der Waals surface area contributed by atoms with Crippen LogP contribution in [-0.2, 0) is 0 Å². The van der Waals surface area contributed by atoms with Gasteiger partial charge in [-0.15, -0.1) is 0 Å². The van der Waals surface area contributed by atoms with Gasteiger partial charge in [0, 0.05) is 10.0 Å². The molecule has 0 amide bonds. The second kappa shape index (κ2) is 5.79. The van der Waals surface area contributed by atoms with E-state index in [-0.39, 0.29) is 6.04 Å². The van der Waals surface area contributed by atoms with E-state index in [1.165, 1.54) is 11.5 Å². The van der Waals surface area contributed by atoms with E-state index in [2.05, 4.69) is 15.8 Å². The number of hydrogen-bond donors (Lipinski definition) is 1. The molecule has 1 aromatic heterocycles. The molecule has 0 aliphatic carbocycles. The van der Waals surface area contributed by atoms with Crippen LogP contribution >= 0.6 is 34.7 Å². The molecule has 0 aliphatic heterocycles. The van der Waals surface area contributed by atoms with Crippen LogP contribution in [0.15, 0.2) is 18.2 Å². The molecule has 0 aliphatic rings. The number of nitriles is 1. The molecule has 98 valence electrons. The van der Waals surface area contributed by atoms with E-state index in [4.69, 9.17) is 28.5 Å². The Bertz CT molecular complexity index is 646. The van der Waals surface area contributed by atoms with Crippen molar-refractivity contribution < 1.29 is 0 Å². The maximum absolute atomic E-state index is 9.10. The Hall–Kier alpha value is -1.28. The fourth-order valence-corrected chi connectivity index (χ4v) is 3.13. The average Bonchev–Trinajstić information content (AvgIpc) is 2.69. The second-order valence-corrected chi connectivity index (χ2v) is 5.73. The maximum atomic E-state index is 9.10. The maximum Gasteiger partial charge on any atom is 0.128 e. The molecule has 1 atom stereocenters. The molecule has 0 saturated heterocycles. The van der Waals surface area contributed by atoms with Gasteiger partial charge in [0.2, 0.25) is 0 Å². The highest BCUT2D eigenvalue weighted by molar-refractivity contribution is 7.10. The molecule has 19 heavy (non-hydrogen) atoms. The van der Waals surface area contributed by atoms with Crippen molar-refractivity contribution in [3.05, 3.63) is 45.1 Å². The number of halogens is 2. The average molecular weight is 312 g/mol. The minimum absolute atomic E-state index is 0.0308. The Balaban J connectivity index is 2.26. The van der Waals surface area contributed by atoms with Gasteiger partial charge in [0.1, 0.15) is 16.6 Å². The summed E-state index contributed by atoms with van der Waals surface area (Å²) in [4.78, 5) is 0. The number of hydrogen-bond acceptors (Lipinski definition) is 4. The van der Waals surface area contributed by atoms with Gasteiger partial charge in [-0.25, -0.2) is 0 Å². The minimum atomic E-state index is -0.0308. The lowest BCUT2D eigenvalue weighted by Gasteiger charge is -2.15. The number of aryl methyl sites for hydroxylation is 1. The number of nitrogens with zero attached hydrogens (tertiary/aromatic N) is 2. The highest BCUT2D eigenvalue weighted by Crippen LogP contribution is 2.31. The summed E-state index contributed by atoms with van der Waals surface area (Å²) in [5, 5.41) is 14.3. The molecule has 0 saturated carbocycles. The lowest BCUT2D eigenvalue weighted by molar-refractivity contribution is 0.889. The van der Waals surface area contributed by atoms with Gasteiger partial charge in [-0.1, -0.05) is 29.3 Å². The summed E-state index contributed by atoms with van der Waals surface area (Å²) in [6.07, 6.45) is 0. The van der Waals surface area contributed by atoms with Gasteiger partial charge in [0.15, 0.2) is 0 Å². The Kier molecular flexibility index (Phi) is 4.31. The quantitative estimate of drug-likeness (QED) is 0.885. The van der Waals surface area contributed by atoms with Crippen molar-refractivity contribution in [2.45, 2.75) is 19.9 Å². The first-order valence-corrected chi connectivity index (χ1v) is 7.13. The summed E-state index contributed by atoms with van der Waals surface area (Å²) >= 11 is 13.3. The van der Waals surface area contributed by atoms with E-state index >= 15 is 0 Å². The minimum Gasteiger partial charge on any atom is -0.368 e. The molecular weight excluding hydrogens is 301 g/mol. The van der Waals surface area contributed by atoms with Crippen LogP contribution in [0, 0.1) is 18.3 Å². The SMILES string of the molecule is Cc1nsc(NC(C)c2ccc(Cl)cc2Cl)c1C#N. The lowest BCUT2D eigenvalue weighted by Crippen LogP contribution is -2.07. The van der Waals surface area contributed by atoms with E-state index in [1.54, 1.807) is 12.1 Å². The number of anilines is 1. The Morgan fingerprint density at radius 1 is 1.42 bits per heavy atom. The molecule has 0 spiro atoms. The predicted molar refractivity (Wildman–Crippen MR) is 80.1 cm³/mol. The van der Waals surface area contributed by atoms with Gasteiger partial charge in [-0.3, -0.25) is 0 Å². The summed E-state index contributed by atoms with van der Waals surface area (Å²) in [6, 6.07) is 7.51. The number of aromatic nitrogens is 1. The topological polar surface area (TPSA) is 48.7 Å². The van der Waals surface area contributed by atoms with Crippen molar-refractivity contribution in [2.24, 2.45) is 0 Å². The molecule has 2 aromatic rings. The fraction of sp³-hybridized carbons (Fsp3) is 0.231. The highest BCUT2D eigenvalue weighted by Gasteiger charge is 2.15. The van der Waals surface area contributed by atoms with Crippen LogP contribution in [0.4, 0.5) is 5.00 Å². The Morgan fingerprint density at radius 3 is 2.79 bits per heavy atom. The first kappa shape index (κ1) is 14.1. The van der Waals surface area contributed by atoms with E-state index in [0.29, 0.717) is 15.6 Å². The van der Waals surface area contributed by atoms with Crippen molar-refractivity contribution in [1.82, 2.24) is 4.37 Å². The van der Waals surface area contributed by atoms with Crippen LogP contribution in [-0.4, -0.2) is 4.37 Å². The standard InChI is InChI=1S/C13H11Cl2N3S/c1-7(10-4-3-9(14)5-12(10)15)17-13-11(6-16)8(2)18-19-13/h3-5,7,17H,1-2H3. The lowest BCUT2D eigenvalue weighted by atomic mass is 10.1. The van der Waals surface area contributed by atoms with E-state index in [0.717, 1.165) is 16.3 Å². The number of nitrogens with one attached hydrogen (secondary N) is 1. The van der Waals surface area contributed by atoms with Crippen LogP contribution in [0.2, 0.25) is 10.0 Å². The van der Waals surface area contributed by atoms with Crippen molar-refractivity contribution in [3.63, 3.8) is 0 Å². The zero-order valence-electron chi connectivity index (χ0n) is 10.4. The molecule has 1 N–H and O–H groups in total. The third kappa shape index (κ3) is 3.01. The zero-order valence-corrected chi connectivity index (χ0v) is 12.7. The third-order valence-corrected chi connectivity index (χ3v) is 4.18. The summed E-state index contributed by atoms with van der Waals surface area (Å²) < 4.78 is 4.17. The molecule has 2 rings (SSSR count). The first-order chi connectivity index (χ1) is 9.02.